The van der Waals surface area contributed by atoms with Crippen LogP contribution in [0.2, 0.25) is 0 Å². The molecule has 0 aliphatic carbocycles. The van der Waals surface area contributed by atoms with Crippen LogP contribution in [0.15, 0.2) is 24.3 Å². The fourth-order valence-electron chi connectivity index (χ4n) is 2.36. The van der Waals surface area contributed by atoms with Crippen LogP contribution in [0.1, 0.15) is 18.5 Å². The Hall–Kier alpha value is -3.19. The lowest BCUT2D eigenvalue weighted by Gasteiger charge is -2.23. The number of aromatic nitrogens is 2. The number of ether oxygens (including phenoxy) is 1. The van der Waals surface area contributed by atoms with Gasteiger partial charge in [-0.3, -0.25) is 4.79 Å². The maximum absolute atomic E-state index is 11.9. The number of anilines is 1. The summed E-state index contributed by atoms with van der Waals surface area (Å²) >= 11 is 0. The van der Waals surface area contributed by atoms with Crippen LogP contribution in [0.25, 0.3) is 11.0 Å². The minimum Gasteiger partial charge on any atom is -0.468 e. The minimum absolute atomic E-state index is 0.232. The van der Waals surface area contributed by atoms with Crippen LogP contribution in [0.5, 0.6) is 0 Å². The van der Waals surface area contributed by atoms with Crippen molar-refractivity contribution in [2.75, 3.05) is 25.6 Å². The van der Waals surface area contributed by atoms with E-state index in [1.165, 1.54) is 7.11 Å². The van der Waals surface area contributed by atoms with Gasteiger partial charge in [0.1, 0.15) is 5.69 Å². The largest absolute Gasteiger partial charge is 0.468 e. The molecular formula is C17H17N5O2. The molecule has 0 radical (unpaired) electrons. The smallest absolute Gasteiger partial charge is 0.329 e. The van der Waals surface area contributed by atoms with Gasteiger partial charge in [0.25, 0.3) is 0 Å². The van der Waals surface area contributed by atoms with Crippen LogP contribution in [0.4, 0.5) is 5.82 Å². The molecule has 0 unspecified atom stereocenters. The molecule has 1 heterocycles. The molecule has 2 aromatic rings. The number of hydrogen-bond donors (Lipinski definition) is 0. The van der Waals surface area contributed by atoms with Crippen LogP contribution >= 0.6 is 0 Å². The molecule has 2 rings (SSSR count). The third-order valence-corrected chi connectivity index (χ3v) is 3.55. The first kappa shape index (κ1) is 17.2. The molecular weight excluding hydrogens is 306 g/mol. The van der Waals surface area contributed by atoms with Gasteiger partial charge >= 0.3 is 5.97 Å². The molecule has 7 heteroatoms. The summed E-state index contributed by atoms with van der Waals surface area (Å²) in [5.74, 6) is -1.71. The highest BCUT2D eigenvalue weighted by Gasteiger charge is 2.29. The molecule has 0 bridgehead atoms. The van der Waals surface area contributed by atoms with Gasteiger partial charge in [-0.25, -0.2) is 9.97 Å². The maximum Gasteiger partial charge on any atom is 0.329 e. The topological polar surface area (TPSA) is 103 Å². The van der Waals surface area contributed by atoms with Crippen molar-refractivity contribution in [3.05, 3.63) is 30.0 Å². The van der Waals surface area contributed by atoms with E-state index >= 15 is 0 Å². The molecule has 0 fully saturated rings. The fraction of sp³-hybridized carbons (Fsp3) is 0.353. The molecule has 0 N–H and O–H groups in total. The zero-order chi connectivity index (χ0) is 17.7. The van der Waals surface area contributed by atoms with Gasteiger partial charge in [-0.1, -0.05) is 12.1 Å². The molecule has 1 aromatic heterocycles. The Kier molecular flexibility index (Phi) is 5.28. The van der Waals surface area contributed by atoms with E-state index in [4.69, 9.17) is 10.00 Å². The average Bonchev–Trinajstić information content (AvgIpc) is 2.61. The zero-order valence-corrected chi connectivity index (χ0v) is 13.7. The molecule has 122 valence electrons. The Morgan fingerprint density at radius 1 is 1.25 bits per heavy atom. The molecule has 0 saturated carbocycles. The van der Waals surface area contributed by atoms with Crippen LogP contribution in [-0.2, 0) is 9.53 Å². The minimum atomic E-state index is -1.18. The van der Waals surface area contributed by atoms with Crippen molar-refractivity contribution in [1.29, 1.82) is 10.5 Å². The number of methoxy groups -OCH3 is 1. The number of nitriles is 2. The quantitative estimate of drug-likeness (QED) is 0.775. The SMILES string of the molecule is COC(=O)[C@H](C#N)c1nc2ccccc2nc1N(C)C[C@H](C)C#N. The Labute approximate surface area is 140 Å². The summed E-state index contributed by atoms with van der Waals surface area (Å²) in [4.78, 5) is 22.7. The zero-order valence-electron chi connectivity index (χ0n) is 13.7. The Morgan fingerprint density at radius 2 is 1.88 bits per heavy atom. The molecule has 1 aromatic carbocycles. The van der Waals surface area contributed by atoms with E-state index in [2.05, 4.69) is 16.0 Å². The van der Waals surface area contributed by atoms with Crippen LogP contribution < -0.4 is 4.90 Å². The van der Waals surface area contributed by atoms with Gasteiger partial charge in [-0.15, -0.1) is 0 Å². The van der Waals surface area contributed by atoms with Crippen molar-refractivity contribution in [3.8, 4) is 12.1 Å². The summed E-state index contributed by atoms with van der Waals surface area (Å²) in [6.07, 6.45) is 0. The lowest BCUT2D eigenvalue weighted by molar-refractivity contribution is -0.141. The molecule has 0 saturated heterocycles. The maximum atomic E-state index is 11.9. The Morgan fingerprint density at radius 3 is 2.42 bits per heavy atom. The van der Waals surface area contributed by atoms with Crippen molar-refractivity contribution in [2.45, 2.75) is 12.8 Å². The summed E-state index contributed by atoms with van der Waals surface area (Å²) in [7, 11) is 2.98. The van der Waals surface area contributed by atoms with E-state index in [0.717, 1.165) is 0 Å². The first-order valence-electron chi connectivity index (χ1n) is 7.36. The lowest BCUT2D eigenvalue weighted by atomic mass is 10.1. The molecule has 0 aliphatic heterocycles. The number of rotatable bonds is 5. The molecule has 24 heavy (non-hydrogen) atoms. The number of carbonyl (C=O) groups is 1. The average molecular weight is 323 g/mol. The number of fused-ring (bicyclic) bond motifs is 1. The Bertz CT molecular complexity index is 837. The van der Waals surface area contributed by atoms with E-state index in [-0.39, 0.29) is 11.6 Å². The predicted octanol–water partition coefficient (Wildman–Crippen LogP) is 2.01. The second kappa shape index (κ2) is 7.38. The highest BCUT2D eigenvalue weighted by molar-refractivity contribution is 5.85. The first-order valence-corrected chi connectivity index (χ1v) is 7.36. The number of carbonyl (C=O) groups excluding carboxylic acids is 1. The van der Waals surface area contributed by atoms with Gasteiger partial charge in [0.2, 0.25) is 0 Å². The van der Waals surface area contributed by atoms with Gasteiger partial charge in [0.15, 0.2) is 11.7 Å². The van der Waals surface area contributed by atoms with Crippen LogP contribution in [0.3, 0.4) is 0 Å². The van der Waals surface area contributed by atoms with Crippen molar-refractivity contribution >= 4 is 22.8 Å². The standard InChI is InChI=1S/C17H17N5O2/c1-11(8-18)10-22(2)16-15(12(9-19)17(23)24-3)20-13-6-4-5-7-14(13)21-16/h4-7,11-12H,10H2,1-3H3/t11-,12-/m1/s1. The summed E-state index contributed by atoms with van der Waals surface area (Å²) in [6.45, 7) is 2.18. The predicted molar refractivity (Wildman–Crippen MR) is 88.0 cm³/mol. The summed E-state index contributed by atoms with van der Waals surface area (Å²) < 4.78 is 4.71. The van der Waals surface area contributed by atoms with E-state index < -0.39 is 11.9 Å². The van der Waals surface area contributed by atoms with Crippen molar-refractivity contribution in [2.24, 2.45) is 5.92 Å². The second-order valence-electron chi connectivity index (χ2n) is 5.42. The summed E-state index contributed by atoms with van der Waals surface area (Å²) in [5, 5.41) is 18.4. The van der Waals surface area contributed by atoms with E-state index in [0.29, 0.717) is 23.4 Å². The lowest BCUT2D eigenvalue weighted by Crippen LogP contribution is -2.27. The van der Waals surface area contributed by atoms with Gasteiger partial charge in [-0.05, 0) is 19.1 Å². The third-order valence-electron chi connectivity index (χ3n) is 3.55. The van der Waals surface area contributed by atoms with E-state index in [1.807, 2.05) is 18.2 Å². The third kappa shape index (κ3) is 3.41. The monoisotopic (exact) mass is 323 g/mol. The normalized spacial score (nSPS) is 12.7. The van der Waals surface area contributed by atoms with Gasteiger partial charge in [0, 0.05) is 13.6 Å². The van der Waals surface area contributed by atoms with Gasteiger partial charge < -0.3 is 9.64 Å². The number of benzene rings is 1. The molecule has 7 nitrogen and oxygen atoms in total. The molecule has 0 spiro atoms. The van der Waals surface area contributed by atoms with Crippen LogP contribution in [0, 0.1) is 28.6 Å². The van der Waals surface area contributed by atoms with E-state index in [1.54, 1.807) is 31.0 Å². The number of para-hydroxylation sites is 2. The summed E-state index contributed by atoms with van der Waals surface area (Å²) in [5.41, 5.74) is 1.46. The van der Waals surface area contributed by atoms with Crippen molar-refractivity contribution < 1.29 is 9.53 Å². The van der Waals surface area contributed by atoms with Crippen LogP contribution in [-0.4, -0.2) is 36.6 Å². The number of hydrogen-bond acceptors (Lipinski definition) is 7. The highest BCUT2D eigenvalue weighted by atomic mass is 16.5. The van der Waals surface area contributed by atoms with E-state index in [9.17, 15) is 10.1 Å². The van der Waals surface area contributed by atoms with Gasteiger partial charge in [-0.2, -0.15) is 10.5 Å². The van der Waals surface area contributed by atoms with Crippen molar-refractivity contribution in [3.63, 3.8) is 0 Å². The Balaban J connectivity index is 2.61. The first-order chi connectivity index (χ1) is 11.5. The highest BCUT2D eigenvalue weighted by Crippen LogP contribution is 2.27. The second-order valence-corrected chi connectivity index (χ2v) is 5.42. The van der Waals surface area contributed by atoms with Crippen molar-refractivity contribution in [1.82, 2.24) is 9.97 Å². The molecule has 2 atom stereocenters. The summed E-state index contributed by atoms with van der Waals surface area (Å²) in [6, 6.07) is 11.3. The molecule has 0 amide bonds. The number of esters is 1. The van der Waals surface area contributed by atoms with Gasteiger partial charge in [0.05, 0.1) is 36.2 Å². The molecule has 0 aliphatic rings. The number of nitrogens with zero attached hydrogens (tertiary/aromatic N) is 5. The fourth-order valence-corrected chi connectivity index (χ4v) is 2.36.